The second kappa shape index (κ2) is 8.34. The van der Waals surface area contributed by atoms with Crippen LogP contribution in [0.5, 0.6) is 0 Å². The number of nitrogens with one attached hydrogen (secondary N) is 1. The first kappa shape index (κ1) is 15.3. The summed E-state index contributed by atoms with van der Waals surface area (Å²) in [5.74, 6) is 0.0215. The van der Waals surface area contributed by atoms with Crippen LogP contribution in [0.2, 0.25) is 0 Å². The van der Waals surface area contributed by atoms with Gasteiger partial charge in [-0.1, -0.05) is 35.1 Å². The quantitative estimate of drug-likeness (QED) is 0.461. The van der Waals surface area contributed by atoms with E-state index in [0.717, 1.165) is 24.2 Å². The van der Waals surface area contributed by atoms with Crippen molar-refractivity contribution in [2.24, 2.45) is 0 Å². The van der Waals surface area contributed by atoms with Crippen LogP contribution >= 0.6 is 22.6 Å². The smallest absolute Gasteiger partial charge is 0.251 e. The number of carbonyl (C=O) groups excluding carboxylic acids is 1. The Bertz CT molecular complexity index is 380. The summed E-state index contributed by atoms with van der Waals surface area (Å²) in [5.41, 5.74) is 1.78. The number of alkyl halides is 1. The monoisotopic (exact) mass is 360 g/mol. The molecule has 1 aromatic carbocycles. The van der Waals surface area contributed by atoms with E-state index in [0.29, 0.717) is 0 Å². The van der Waals surface area contributed by atoms with E-state index in [1.807, 2.05) is 43.3 Å². The Morgan fingerprint density at radius 3 is 2.72 bits per heavy atom. The molecule has 0 aromatic heterocycles. The first-order chi connectivity index (χ1) is 8.65. The lowest BCUT2D eigenvalue weighted by Crippen LogP contribution is -2.24. The van der Waals surface area contributed by atoms with Crippen LogP contribution in [0.15, 0.2) is 24.3 Å². The average Bonchev–Trinajstić information content (AvgIpc) is 2.38. The summed E-state index contributed by atoms with van der Waals surface area (Å²) in [7, 11) is 3.95. The summed E-state index contributed by atoms with van der Waals surface area (Å²) in [5, 5.41) is 2.96. The molecule has 0 atom stereocenters. The average molecular weight is 360 g/mol. The van der Waals surface area contributed by atoms with E-state index in [1.54, 1.807) is 0 Å². The van der Waals surface area contributed by atoms with Crippen LogP contribution in [0.4, 0.5) is 5.69 Å². The highest BCUT2D eigenvalue weighted by Gasteiger charge is 2.05. The lowest BCUT2D eigenvalue weighted by atomic mass is 10.1. The maximum atomic E-state index is 11.9. The van der Waals surface area contributed by atoms with Gasteiger partial charge in [-0.3, -0.25) is 4.79 Å². The van der Waals surface area contributed by atoms with E-state index in [4.69, 9.17) is 0 Å². The van der Waals surface area contributed by atoms with Gasteiger partial charge < -0.3 is 10.2 Å². The van der Waals surface area contributed by atoms with Gasteiger partial charge in [0, 0.05) is 31.9 Å². The highest BCUT2D eigenvalue weighted by atomic mass is 127. The minimum absolute atomic E-state index is 0.0215. The van der Waals surface area contributed by atoms with Gasteiger partial charge in [0.2, 0.25) is 0 Å². The molecule has 1 N–H and O–H groups in total. The molecule has 0 aliphatic heterocycles. The topological polar surface area (TPSA) is 32.3 Å². The molecule has 100 valence electrons. The van der Waals surface area contributed by atoms with Gasteiger partial charge in [-0.25, -0.2) is 0 Å². The predicted molar refractivity (Wildman–Crippen MR) is 85.8 cm³/mol. The third-order valence-electron chi connectivity index (χ3n) is 2.72. The van der Waals surface area contributed by atoms with Crippen LogP contribution < -0.4 is 10.2 Å². The van der Waals surface area contributed by atoms with Gasteiger partial charge >= 0.3 is 0 Å². The minimum Gasteiger partial charge on any atom is -0.378 e. The van der Waals surface area contributed by atoms with Gasteiger partial charge in [-0.15, -0.1) is 0 Å². The number of benzene rings is 1. The summed E-state index contributed by atoms with van der Waals surface area (Å²) in [6, 6.07) is 7.69. The third-order valence-corrected chi connectivity index (χ3v) is 3.48. The largest absolute Gasteiger partial charge is 0.378 e. The van der Waals surface area contributed by atoms with Gasteiger partial charge in [0.15, 0.2) is 0 Å². The third kappa shape index (κ3) is 5.25. The summed E-state index contributed by atoms with van der Waals surface area (Å²) in [6.07, 6.45) is 3.47. The van der Waals surface area contributed by atoms with E-state index < -0.39 is 0 Å². The van der Waals surface area contributed by atoms with Crippen molar-refractivity contribution in [2.45, 2.75) is 19.3 Å². The number of hydrogen-bond donors (Lipinski definition) is 1. The number of unbranched alkanes of at least 4 members (excludes halogenated alkanes) is 2. The Morgan fingerprint density at radius 1 is 1.28 bits per heavy atom. The molecule has 0 aliphatic carbocycles. The fraction of sp³-hybridized carbons (Fsp3) is 0.500. The van der Waals surface area contributed by atoms with Crippen LogP contribution in [-0.2, 0) is 0 Å². The normalized spacial score (nSPS) is 10.2. The molecule has 0 radical (unpaired) electrons. The first-order valence-electron chi connectivity index (χ1n) is 6.26. The number of rotatable bonds is 7. The lowest BCUT2D eigenvalue weighted by Gasteiger charge is -2.13. The summed E-state index contributed by atoms with van der Waals surface area (Å²) >= 11 is 2.38. The SMILES string of the molecule is CN(C)c1cccc(C(=O)NCCCCCI)c1. The van der Waals surface area contributed by atoms with Gasteiger partial charge in [0.25, 0.3) is 5.91 Å². The standard InChI is InChI=1S/C14H21IN2O/c1-17(2)13-8-6-7-12(11-13)14(18)16-10-5-3-4-9-15/h6-8,11H,3-5,9-10H2,1-2H3,(H,16,18). The van der Waals surface area contributed by atoms with Gasteiger partial charge in [-0.05, 0) is 35.5 Å². The Kier molecular flexibility index (Phi) is 7.08. The van der Waals surface area contributed by atoms with Crippen molar-refractivity contribution in [3.63, 3.8) is 0 Å². The molecular weight excluding hydrogens is 339 g/mol. The molecule has 0 aliphatic rings. The molecule has 0 saturated carbocycles. The number of halogens is 1. The summed E-state index contributed by atoms with van der Waals surface area (Å²) in [6.45, 7) is 0.766. The Balaban J connectivity index is 2.44. The summed E-state index contributed by atoms with van der Waals surface area (Å²) in [4.78, 5) is 13.9. The van der Waals surface area contributed by atoms with Gasteiger partial charge in [-0.2, -0.15) is 0 Å². The van der Waals surface area contributed by atoms with E-state index in [9.17, 15) is 4.79 Å². The van der Waals surface area contributed by atoms with Crippen LogP contribution in [0.3, 0.4) is 0 Å². The highest BCUT2D eigenvalue weighted by Crippen LogP contribution is 2.13. The Labute approximate surface area is 123 Å². The number of anilines is 1. The minimum atomic E-state index is 0.0215. The van der Waals surface area contributed by atoms with Gasteiger partial charge in [0.05, 0.1) is 0 Å². The zero-order valence-electron chi connectivity index (χ0n) is 11.1. The lowest BCUT2D eigenvalue weighted by molar-refractivity contribution is 0.0953. The van der Waals surface area contributed by atoms with E-state index in [-0.39, 0.29) is 5.91 Å². The van der Waals surface area contributed by atoms with Crippen molar-refractivity contribution < 1.29 is 4.79 Å². The zero-order chi connectivity index (χ0) is 13.4. The molecular formula is C14H21IN2O. The van der Waals surface area contributed by atoms with Crippen molar-refractivity contribution in [3.05, 3.63) is 29.8 Å². The Morgan fingerprint density at radius 2 is 2.06 bits per heavy atom. The van der Waals surface area contributed by atoms with E-state index in [1.165, 1.54) is 17.3 Å². The fourth-order valence-corrected chi connectivity index (χ4v) is 2.16. The van der Waals surface area contributed by atoms with Gasteiger partial charge in [0.1, 0.15) is 0 Å². The molecule has 1 rings (SSSR count). The van der Waals surface area contributed by atoms with Crippen LogP contribution in [0.1, 0.15) is 29.6 Å². The van der Waals surface area contributed by atoms with Crippen molar-refractivity contribution in [1.29, 1.82) is 0 Å². The maximum absolute atomic E-state index is 11.9. The van der Waals surface area contributed by atoms with Crippen LogP contribution in [0.25, 0.3) is 0 Å². The van der Waals surface area contributed by atoms with Crippen molar-refractivity contribution >= 4 is 34.2 Å². The molecule has 3 nitrogen and oxygen atoms in total. The predicted octanol–water partition coefficient (Wildman–Crippen LogP) is 3.09. The van der Waals surface area contributed by atoms with Crippen LogP contribution in [-0.4, -0.2) is 31.0 Å². The van der Waals surface area contributed by atoms with Crippen molar-refractivity contribution in [1.82, 2.24) is 5.32 Å². The first-order valence-corrected chi connectivity index (χ1v) is 7.79. The number of amides is 1. The van der Waals surface area contributed by atoms with Crippen LogP contribution in [0, 0.1) is 0 Å². The Hall–Kier alpha value is -0.780. The number of nitrogens with zero attached hydrogens (tertiary/aromatic N) is 1. The maximum Gasteiger partial charge on any atom is 0.251 e. The van der Waals surface area contributed by atoms with Crippen molar-refractivity contribution in [2.75, 3.05) is 30.0 Å². The highest BCUT2D eigenvalue weighted by molar-refractivity contribution is 14.1. The zero-order valence-corrected chi connectivity index (χ0v) is 13.2. The molecule has 1 amide bonds. The molecule has 4 heteroatoms. The second-order valence-corrected chi connectivity index (χ2v) is 5.53. The van der Waals surface area contributed by atoms with Crippen molar-refractivity contribution in [3.8, 4) is 0 Å². The summed E-state index contributed by atoms with van der Waals surface area (Å²) < 4.78 is 1.19. The molecule has 0 heterocycles. The second-order valence-electron chi connectivity index (χ2n) is 4.45. The molecule has 0 bridgehead atoms. The fourth-order valence-electron chi connectivity index (χ4n) is 1.63. The molecule has 0 saturated heterocycles. The molecule has 0 unspecified atom stereocenters. The molecule has 18 heavy (non-hydrogen) atoms. The number of carbonyl (C=O) groups is 1. The number of hydrogen-bond acceptors (Lipinski definition) is 2. The van der Waals surface area contributed by atoms with E-state index >= 15 is 0 Å². The molecule has 0 fully saturated rings. The van der Waals surface area contributed by atoms with E-state index in [2.05, 4.69) is 27.9 Å². The molecule has 1 aromatic rings. The molecule has 0 spiro atoms.